The molecule has 7 heteroatoms. The van der Waals surface area contributed by atoms with Crippen LogP contribution in [0.4, 0.5) is 11.9 Å². The third-order valence-corrected chi connectivity index (χ3v) is 3.71. The number of hydrogen-bond acceptors (Lipinski definition) is 7. The van der Waals surface area contributed by atoms with Gasteiger partial charge >= 0.3 is 6.01 Å². The number of aliphatic hydroxyl groups excluding tert-OH is 1. The van der Waals surface area contributed by atoms with Crippen molar-refractivity contribution in [2.24, 2.45) is 0 Å². The van der Waals surface area contributed by atoms with Crippen molar-refractivity contribution in [1.82, 2.24) is 15.0 Å². The van der Waals surface area contributed by atoms with Crippen molar-refractivity contribution in [3.05, 3.63) is 0 Å². The SMILES string of the molecule is CCOc1nc(NC)nc(N(CCO)C2CCCCC2)n1. The molecule has 1 saturated carbocycles. The highest BCUT2D eigenvalue weighted by Crippen LogP contribution is 2.26. The van der Waals surface area contributed by atoms with Gasteiger partial charge < -0.3 is 20.1 Å². The van der Waals surface area contributed by atoms with Gasteiger partial charge in [0, 0.05) is 19.6 Å². The Hall–Kier alpha value is -1.63. The van der Waals surface area contributed by atoms with Crippen LogP contribution in [-0.2, 0) is 0 Å². The molecule has 1 aromatic heterocycles. The summed E-state index contributed by atoms with van der Waals surface area (Å²) in [6.45, 7) is 3.02. The molecular formula is C14H25N5O2. The maximum Gasteiger partial charge on any atom is 0.323 e. The molecule has 1 aliphatic rings. The molecule has 2 N–H and O–H groups in total. The molecule has 1 aromatic rings. The maximum atomic E-state index is 9.37. The number of nitrogens with one attached hydrogen (secondary N) is 1. The van der Waals surface area contributed by atoms with Crippen molar-refractivity contribution >= 4 is 11.9 Å². The van der Waals surface area contributed by atoms with Gasteiger partial charge in [-0.3, -0.25) is 0 Å². The van der Waals surface area contributed by atoms with Crippen LogP contribution in [-0.4, -0.2) is 52.9 Å². The molecule has 118 valence electrons. The minimum Gasteiger partial charge on any atom is -0.464 e. The summed E-state index contributed by atoms with van der Waals surface area (Å²) in [6, 6.07) is 0.707. The van der Waals surface area contributed by atoms with E-state index in [0.717, 1.165) is 12.8 Å². The predicted molar refractivity (Wildman–Crippen MR) is 81.8 cm³/mol. The monoisotopic (exact) mass is 295 g/mol. The number of aliphatic hydroxyl groups is 1. The minimum atomic E-state index is 0.0844. The first kappa shape index (κ1) is 15.8. The molecule has 0 radical (unpaired) electrons. The van der Waals surface area contributed by atoms with E-state index in [0.29, 0.717) is 37.1 Å². The molecule has 0 atom stereocenters. The van der Waals surface area contributed by atoms with Gasteiger partial charge in [-0.1, -0.05) is 19.3 Å². The van der Waals surface area contributed by atoms with E-state index in [1.54, 1.807) is 7.05 Å². The lowest BCUT2D eigenvalue weighted by Gasteiger charge is -2.34. The van der Waals surface area contributed by atoms with E-state index in [9.17, 15) is 5.11 Å². The van der Waals surface area contributed by atoms with E-state index in [1.807, 2.05) is 6.92 Å². The summed E-state index contributed by atoms with van der Waals surface area (Å²) in [6.07, 6.45) is 5.95. The van der Waals surface area contributed by atoms with Crippen LogP contribution in [0.5, 0.6) is 6.01 Å². The first-order valence-electron chi connectivity index (χ1n) is 7.72. The molecule has 0 bridgehead atoms. The number of aromatic nitrogens is 3. The van der Waals surface area contributed by atoms with Crippen LogP contribution in [0.15, 0.2) is 0 Å². The summed E-state index contributed by atoms with van der Waals surface area (Å²) in [5.74, 6) is 1.07. The van der Waals surface area contributed by atoms with Crippen molar-refractivity contribution in [2.75, 3.05) is 37.0 Å². The Labute approximate surface area is 125 Å². The molecule has 0 unspecified atom stereocenters. The highest BCUT2D eigenvalue weighted by Gasteiger charge is 2.24. The second kappa shape index (κ2) is 7.97. The first-order valence-corrected chi connectivity index (χ1v) is 7.72. The third-order valence-electron chi connectivity index (χ3n) is 3.71. The average molecular weight is 295 g/mol. The highest BCUT2D eigenvalue weighted by atomic mass is 16.5. The van der Waals surface area contributed by atoms with Crippen LogP contribution in [0.1, 0.15) is 39.0 Å². The largest absolute Gasteiger partial charge is 0.464 e. The van der Waals surface area contributed by atoms with Gasteiger partial charge in [0.05, 0.1) is 13.2 Å². The van der Waals surface area contributed by atoms with Crippen LogP contribution >= 0.6 is 0 Å². The second-order valence-electron chi connectivity index (χ2n) is 5.13. The highest BCUT2D eigenvalue weighted by molar-refractivity contribution is 5.39. The molecule has 0 amide bonds. The van der Waals surface area contributed by atoms with E-state index in [2.05, 4.69) is 25.2 Å². The number of nitrogens with zero attached hydrogens (tertiary/aromatic N) is 4. The molecular weight excluding hydrogens is 270 g/mol. The summed E-state index contributed by atoms with van der Waals surface area (Å²) < 4.78 is 5.41. The summed E-state index contributed by atoms with van der Waals surface area (Å²) in [5.41, 5.74) is 0. The molecule has 21 heavy (non-hydrogen) atoms. The molecule has 1 aliphatic carbocycles. The zero-order chi connectivity index (χ0) is 15.1. The fourth-order valence-electron chi connectivity index (χ4n) is 2.73. The topological polar surface area (TPSA) is 83.4 Å². The Balaban J connectivity index is 2.26. The third kappa shape index (κ3) is 4.17. The van der Waals surface area contributed by atoms with Crippen molar-refractivity contribution in [3.8, 4) is 6.01 Å². The van der Waals surface area contributed by atoms with Crippen LogP contribution in [0, 0.1) is 0 Å². The van der Waals surface area contributed by atoms with E-state index in [-0.39, 0.29) is 6.61 Å². The zero-order valence-electron chi connectivity index (χ0n) is 12.9. The average Bonchev–Trinajstić information content (AvgIpc) is 2.53. The standard InChI is InChI=1S/C14H25N5O2/c1-3-21-14-17-12(15-2)16-13(18-14)19(9-10-20)11-7-5-4-6-8-11/h11,20H,3-10H2,1-2H3,(H,15,16,17,18). The Morgan fingerprint density at radius 3 is 2.62 bits per heavy atom. The number of anilines is 2. The van der Waals surface area contributed by atoms with Gasteiger partial charge in [-0.25, -0.2) is 0 Å². The van der Waals surface area contributed by atoms with E-state index in [4.69, 9.17) is 4.74 Å². The van der Waals surface area contributed by atoms with Crippen molar-refractivity contribution in [3.63, 3.8) is 0 Å². The molecule has 2 rings (SSSR count). The van der Waals surface area contributed by atoms with Gasteiger partial charge in [-0.2, -0.15) is 15.0 Å². The molecule has 1 fully saturated rings. The van der Waals surface area contributed by atoms with Gasteiger partial charge in [-0.15, -0.1) is 0 Å². The summed E-state index contributed by atoms with van der Waals surface area (Å²) in [4.78, 5) is 15.1. The molecule has 0 spiro atoms. The van der Waals surface area contributed by atoms with Crippen molar-refractivity contribution < 1.29 is 9.84 Å². The van der Waals surface area contributed by atoms with Crippen LogP contribution < -0.4 is 15.0 Å². The first-order chi connectivity index (χ1) is 10.3. The molecule has 0 aromatic carbocycles. The Morgan fingerprint density at radius 1 is 1.24 bits per heavy atom. The zero-order valence-corrected chi connectivity index (χ0v) is 12.9. The fourth-order valence-corrected chi connectivity index (χ4v) is 2.73. The fraction of sp³-hybridized carbons (Fsp3) is 0.786. The Bertz CT molecular complexity index is 437. The molecule has 0 aliphatic heterocycles. The summed E-state index contributed by atoms with van der Waals surface area (Å²) >= 11 is 0. The summed E-state index contributed by atoms with van der Waals surface area (Å²) in [7, 11) is 1.77. The summed E-state index contributed by atoms with van der Waals surface area (Å²) in [5, 5.41) is 12.3. The Morgan fingerprint density at radius 2 is 2.00 bits per heavy atom. The second-order valence-corrected chi connectivity index (χ2v) is 5.13. The van der Waals surface area contributed by atoms with Gasteiger partial charge in [0.2, 0.25) is 11.9 Å². The van der Waals surface area contributed by atoms with Gasteiger partial charge in [0.25, 0.3) is 0 Å². The smallest absolute Gasteiger partial charge is 0.323 e. The van der Waals surface area contributed by atoms with Crippen molar-refractivity contribution in [1.29, 1.82) is 0 Å². The lowest BCUT2D eigenvalue weighted by Crippen LogP contribution is -2.40. The lowest BCUT2D eigenvalue weighted by atomic mass is 9.94. The quantitative estimate of drug-likeness (QED) is 0.787. The molecule has 1 heterocycles. The molecule has 0 saturated heterocycles. The number of rotatable bonds is 7. The van der Waals surface area contributed by atoms with E-state index >= 15 is 0 Å². The maximum absolute atomic E-state index is 9.37. The predicted octanol–water partition coefficient (Wildman–Crippen LogP) is 1.44. The van der Waals surface area contributed by atoms with Crippen molar-refractivity contribution in [2.45, 2.75) is 45.1 Å². The minimum absolute atomic E-state index is 0.0844. The van der Waals surface area contributed by atoms with Crippen LogP contribution in [0.25, 0.3) is 0 Å². The normalized spacial score (nSPS) is 15.8. The van der Waals surface area contributed by atoms with Gasteiger partial charge in [0.1, 0.15) is 0 Å². The van der Waals surface area contributed by atoms with Gasteiger partial charge in [-0.05, 0) is 19.8 Å². The van der Waals surface area contributed by atoms with Crippen LogP contribution in [0.2, 0.25) is 0 Å². The van der Waals surface area contributed by atoms with E-state index in [1.165, 1.54) is 19.3 Å². The number of hydrogen-bond donors (Lipinski definition) is 2. The molecule has 7 nitrogen and oxygen atoms in total. The van der Waals surface area contributed by atoms with Gasteiger partial charge in [0.15, 0.2) is 0 Å². The van der Waals surface area contributed by atoms with E-state index < -0.39 is 0 Å². The van der Waals surface area contributed by atoms with Crippen LogP contribution in [0.3, 0.4) is 0 Å². The number of ether oxygens (including phenoxy) is 1. The lowest BCUT2D eigenvalue weighted by molar-refractivity contribution is 0.286. The Kier molecular flexibility index (Phi) is 5.98.